The van der Waals surface area contributed by atoms with Gasteiger partial charge in [-0.05, 0) is 98.9 Å². The van der Waals surface area contributed by atoms with E-state index in [4.69, 9.17) is 0 Å². The van der Waals surface area contributed by atoms with Crippen molar-refractivity contribution >= 4 is 66.6 Å². The van der Waals surface area contributed by atoms with Crippen LogP contribution in [0.5, 0.6) is 0 Å². The summed E-state index contributed by atoms with van der Waals surface area (Å²) in [4.78, 5) is 13.4. The first-order valence-corrected chi connectivity index (χ1v) is 17.6. The Morgan fingerprint density at radius 3 is 1.83 bits per heavy atom. The molecule has 0 saturated heterocycles. The highest BCUT2D eigenvalue weighted by Gasteiger charge is 2.38. The molecule has 9 aromatic rings. The van der Waals surface area contributed by atoms with E-state index in [1.54, 1.807) is 24.7 Å². The maximum absolute atomic E-state index is 14.5. The monoisotopic (exact) mass is 672 g/mol. The lowest BCUT2D eigenvalue weighted by molar-refractivity contribution is 0.628. The predicted octanol–water partition coefficient (Wildman–Crippen LogP) is 12.8. The number of hydrogen-bond donors (Lipinski definition) is 0. The van der Waals surface area contributed by atoms with Crippen molar-refractivity contribution in [3.63, 3.8) is 0 Å². The minimum absolute atomic E-state index is 0.163. The van der Waals surface area contributed by atoms with Crippen LogP contribution in [0.25, 0.3) is 43.4 Å². The van der Waals surface area contributed by atoms with Crippen molar-refractivity contribution in [3.8, 4) is 11.1 Å². The summed E-state index contributed by atoms with van der Waals surface area (Å²) >= 11 is 0. The number of para-hydroxylation sites is 1. The molecule has 0 N–H and O–H groups in total. The second kappa shape index (κ2) is 11.5. The van der Waals surface area contributed by atoms with E-state index in [2.05, 4.69) is 149 Å². The van der Waals surface area contributed by atoms with Gasteiger partial charge in [0.1, 0.15) is 18.0 Å². The van der Waals surface area contributed by atoms with Crippen molar-refractivity contribution in [3.05, 3.63) is 181 Å². The molecule has 1 aromatic heterocycles. The van der Waals surface area contributed by atoms with Gasteiger partial charge in [-0.25, -0.2) is 14.4 Å². The Balaban J connectivity index is 1.26. The van der Waals surface area contributed by atoms with Gasteiger partial charge in [0.25, 0.3) is 0 Å². The lowest BCUT2D eigenvalue weighted by Gasteiger charge is -2.30. The number of fused-ring (bicyclic) bond motifs is 3. The quantitative estimate of drug-likeness (QED) is 0.165. The molecular weight excluding hydrogens is 640 g/mol. The van der Waals surface area contributed by atoms with Crippen molar-refractivity contribution in [2.45, 2.75) is 19.3 Å². The third kappa shape index (κ3) is 4.45. The van der Waals surface area contributed by atoms with Crippen LogP contribution in [0.2, 0.25) is 0 Å². The second-order valence-electron chi connectivity index (χ2n) is 14.0. The van der Waals surface area contributed by atoms with E-state index in [1.807, 2.05) is 24.3 Å². The number of halogens is 1. The van der Waals surface area contributed by atoms with Gasteiger partial charge in [-0.3, -0.25) is 4.90 Å². The van der Waals surface area contributed by atoms with Gasteiger partial charge >= 0.3 is 0 Å². The van der Waals surface area contributed by atoms with E-state index in [9.17, 15) is 4.39 Å². The fraction of sp³-hybridized carbons (Fsp3) is 0.0638. The molecule has 0 atom stereocenters. The molecule has 1 aliphatic rings. The SMILES string of the molecule is CC1(C)c2ccccc2-c2c(N(c3ccc(F)cc3)c3ccc4ccc5c(N(c6ccccc6)c6ccncn6)ccc6ccc3c4c65)cccc21. The first-order chi connectivity index (χ1) is 25.5. The van der Waals surface area contributed by atoms with Crippen molar-refractivity contribution in [2.75, 3.05) is 9.80 Å². The summed E-state index contributed by atoms with van der Waals surface area (Å²) in [6.45, 7) is 4.61. The largest absolute Gasteiger partial charge is 0.309 e. The van der Waals surface area contributed by atoms with Gasteiger partial charge in [-0.15, -0.1) is 0 Å². The lowest BCUT2D eigenvalue weighted by atomic mass is 9.82. The highest BCUT2D eigenvalue weighted by Crippen LogP contribution is 2.55. The first kappa shape index (κ1) is 30.3. The third-order valence-corrected chi connectivity index (χ3v) is 10.8. The molecule has 8 aromatic carbocycles. The molecule has 4 nitrogen and oxygen atoms in total. The molecular formula is C47H33FN4. The molecule has 0 aliphatic heterocycles. The summed E-state index contributed by atoms with van der Waals surface area (Å²) in [7, 11) is 0. The highest BCUT2D eigenvalue weighted by molar-refractivity contribution is 6.28. The van der Waals surface area contributed by atoms with Crippen molar-refractivity contribution in [1.29, 1.82) is 0 Å². The summed E-state index contributed by atoms with van der Waals surface area (Å²) in [5.41, 5.74) is 9.92. The molecule has 0 bridgehead atoms. The highest BCUT2D eigenvalue weighted by atomic mass is 19.1. The van der Waals surface area contributed by atoms with Gasteiger partial charge in [0.15, 0.2) is 0 Å². The van der Waals surface area contributed by atoms with Crippen LogP contribution < -0.4 is 9.80 Å². The van der Waals surface area contributed by atoms with Crippen LogP contribution in [0.3, 0.4) is 0 Å². The Kier molecular flexibility index (Phi) is 6.67. The molecule has 5 heteroatoms. The molecule has 10 rings (SSSR count). The summed E-state index contributed by atoms with van der Waals surface area (Å²) in [5.74, 6) is 0.531. The van der Waals surface area contributed by atoms with Crippen LogP contribution >= 0.6 is 0 Å². The average Bonchev–Trinajstić information content (AvgIpc) is 3.43. The van der Waals surface area contributed by atoms with Crippen molar-refractivity contribution < 1.29 is 4.39 Å². The first-order valence-electron chi connectivity index (χ1n) is 17.6. The van der Waals surface area contributed by atoms with Crippen LogP contribution in [-0.2, 0) is 5.41 Å². The van der Waals surface area contributed by atoms with Crippen LogP contribution in [0, 0.1) is 5.82 Å². The smallest absolute Gasteiger partial charge is 0.140 e. The average molecular weight is 673 g/mol. The fourth-order valence-electron chi connectivity index (χ4n) is 8.47. The van der Waals surface area contributed by atoms with Gasteiger partial charge in [0, 0.05) is 39.3 Å². The van der Waals surface area contributed by atoms with E-state index in [1.165, 1.54) is 33.0 Å². The van der Waals surface area contributed by atoms with Crippen LogP contribution in [0.1, 0.15) is 25.0 Å². The normalized spacial score (nSPS) is 13.1. The van der Waals surface area contributed by atoms with E-state index >= 15 is 0 Å². The van der Waals surface area contributed by atoms with Gasteiger partial charge in [-0.2, -0.15) is 0 Å². The number of anilines is 6. The maximum Gasteiger partial charge on any atom is 0.140 e. The molecule has 0 spiro atoms. The summed E-state index contributed by atoms with van der Waals surface area (Å²) in [6.07, 6.45) is 3.38. The number of rotatable bonds is 6. The molecule has 0 amide bonds. The van der Waals surface area contributed by atoms with E-state index in [0.717, 1.165) is 55.8 Å². The zero-order chi connectivity index (χ0) is 35.0. The number of hydrogen-bond acceptors (Lipinski definition) is 4. The number of benzene rings is 8. The Bertz CT molecular complexity index is 2740. The zero-order valence-electron chi connectivity index (χ0n) is 28.8. The van der Waals surface area contributed by atoms with Gasteiger partial charge in [0.2, 0.25) is 0 Å². The van der Waals surface area contributed by atoms with Crippen LogP contribution in [0.4, 0.5) is 38.6 Å². The fourth-order valence-corrected chi connectivity index (χ4v) is 8.47. The second-order valence-corrected chi connectivity index (χ2v) is 14.0. The zero-order valence-corrected chi connectivity index (χ0v) is 28.8. The van der Waals surface area contributed by atoms with Crippen LogP contribution in [0.15, 0.2) is 164 Å². The van der Waals surface area contributed by atoms with Crippen molar-refractivity contribution in [2.24, 2.45) is 0 Å². The van der Waals surface area contributed by atoms with Crippen LogP contribution in [-0.4, -0.2) is 9.97 Å². The summed E-state index contributed by atoms with van der Waals surface area (Å²) in [5, 5.41) is 6.94. The Morgan fingerprint density at radius 1 is 0.519 bits per heavy atom. The van der Waals surface area contributed by atoms with Gasteiger partial charge < -0.3 is 4.90 Å². The number of nitrogens with zero attached hydrogens (tertiary/aromatic N) is 4. The molecule has 248 valence electrons. The maximum atomic E-state index is 14.5. The summed E-state index contributed by atoms with van der Waals surface area (Å²) in [6, 6.07) is 52.3. The molecule has 1 aliphatic carbocycles. The van der Waals surface area contributed by atoms with E-state index < -0.39 is 0 Å². The minimum atomic E-state index is -0.261. The molecule has 0 radical (unpaired) electrons. The molecule has 1 heterocycles. The van der Waals surface area contributed by atoms with E-state index in [-0.39, 0.29) is 11.2 Å². The number of aromatic nitrogens is 2. The Labute approximate surface area is 301 Å². The van der Waals surface area contributed by atoms with E-state index in [0.29, 0.717) is 0 Å². The standard InChI is InChI=1S/C47H33FN4/c1-47(2)38-12-7-6-11-35(38)46-39(47)13-8-14-42(46)51(34-21-19-32(48)20-22-34)40-25-17-30-16-24-37-41(26-18-31-15-23-36(40)44(30)45(31)37)52(33-9-4-3-5-10-33)43-27-28-49-29-50-43/h3-29H,1-2H3. The van der Waals surface area contributed by atoms with Gasteiger partial charge in [-0.1, -0.05) is 105 Å². The molecule has 0 fully saturated rings. The molecule has 0 unspecified atom stereocenters. The molecule has 0 saturated carbocycles. The Hall–Kier alpha value is -6.59. The summed E-state index contributed by atoms with van der Waals surface area (Å²) < 4.78 is 14.5. The minimum Gasteiger partial charge on any atom is -0.309 e. The van der Waals surface area contributed by atoms with Gasteiger partial charge in [0.05, 0.1) is 17.1 Å². The predicted molar refractivity (Wildman–Crippen MR) is 213 cm³/mol. The molecule has 52 heavy (non-hydrogen) atoms. The third-order valence-electron chi connectivity index (χ3n) is 10.8. The van der Waals surface area contributed by atoms with Crippen molar-refractivity contribution in [1.82, 2.24) is 9.97 Å². The lowest BCUT2D eigenvalue weighted by Crippen LogP contribution is -2.16. The topological polar surface area (TPSA) is 32.3 Å². The Morgan fingerprint density at radius 2 is 1.13 bits per heavy atom.